The van der Waals surface area contributed by atoms with Gasteiger partial charge in [-0.25, -0.2) is 4.79 Å². The van der Waals surface area contributed by atoms with Crippen LogP contribution in [0, 0.1) is 0 Å². The van der Waals surface area contributed by atoms with E-state index in [4.69, 9.17) is 5.73 Å². The average Bonchev–Trinajstić information content (AvgIpc) is 3.22. The van der Waals surface area contributed by atoms with E-state index in [9.17, 15) is 24.3 Å². The van der Waals surface area contributed by atoms with E-state index in [0.717, 1.165) is 5.56 Å². The zero-order valence-corrected chi connectivity index (χ0v) is 17.7. The van der Waals surface area contributed by atoms with Crippen molar-refractivity contribution in [1.29, 1.82) is 0 Å². The second-order valence-electron chi connectivity index (χ2n) is 7.30. The monoisotopic (exact) mass is 436 g/mol. The third-order valence-electron chi connectivity index (χ3n) is 5.00. The number of nitrogens with zero attached hydrogens (tertiary/aromatic N) is 1. The van der Waals surface area contributed by atoms with E-state index in [2.05, 4.69) is 23.3 Å². The third-order valence-corrected chi connectivity index (χ3v) is 5.39. The molecule has 30 heavy (non-hydrogen) atoms. The summed E-state index contributed by atoms with van der Waals surface area (Å²) in [5.74, 6) is -2.44. The summed E-state index contributed by atoms with van der Waals surface area (Å²) < 4.78 is 0. The minimum Gasteiger partial charge on any atom is -0.480 e. The number of amides is 3. The van der Waals surface area contributed by atoms with Crippen molar-refractivity contribution in [1.82, 2.24) is 15.5 Å². The maximum Gasteiger partial charge on any atom is 0.326 e. The molecule has 0 aliphatic carbocycles. The van der Waals surface area contributed by atoms with Gasteiger partial charge in [-0.2, -0.15) is 12.6 Å². The van der Waals surface area contributed by atoms with Crippen LogP contribution in [0.15, 0.2) is 30.3 Å². The highest BCUT2D eigenvalue weighted by atomic mass is 32.1. The number of hydrogen-bond donors (Lipinski definition) is 5. The Labute approximate surface area is 180 Å². The molecule has 1 aliphatic heterocycles. The van der Waals surface area contributed by atoms with Crippen LogP contribution >= 0.6 is 12.6 Å². The fourth-order valence-corrected chi connectivity index (χ4v) is 3.50. The van der Waals surface area contributed by atoms with Crippen molar-refractivity contribution < 1.29 is 24.3 Å². The highest BCUT2D eigenvalue weighted by Gasteiger charge is 2.37. The first-order chi connectivity index (χ1) is 14.2. The Hall–Kier alpha value is -2.59. The summed E-state index contributed by atoms with van der Waals surface area (Å²) in [4.78, 5) is 50.5. The lowest BCUT2D eigenvalue weighted by Crippen LogP contribution is -2.56. The number of carbonyl (C=O) groups excluding carboxylic acids is 3. The summed E-state index contributed by atoms with van der Waals surface area (Å²) in [6.07, 6.45) is 1.17. The zero-order chi connectivity index (χ0) is 22.3. The van der Waals surface area contributed by atoms with Crippen molar-refractivity contribution in [3.05, 3.63) is 35.9 Å². The Bertz CT molecular complexity index is 776. The minimum absolute atomic E-state index is 0.136. The molecule has 0 spiro atoms. The van der Waals surface area contributed by atoms with E-state index in [-0.39, 0.29) is 12.2 Å². The van der Waals surface area contributed by atoms with Gasteiger partial charge in [0.15, 0.2) is 0 Å². The summed E-state index contributed by atoms with van der Waals surface area (Å²) in [5.41, 5.74) is 6.39. The zero-order valence-electron chi connectivity index (χ0n) is 16.8. The summed E-state index contributed by atoms with van der Waals surface area (Å²) >= 11 is 3.96. The highest BCUT2D eigenvalue weighted by Crippen LogP contribution is 2.19. The quantitative estimate of drug-likeness (QED) is 0.332. The van der Waals surface area contributed by atoms with Gasteiger partial charge in [0.05, 0.1) is 6.04 Å². The van der Waals surface area contributed by atoms with Crippen molar-refractivity contribution in [2.75, 3.05) is 12.3 Å². The van der Waals surface area contributed by atoms with Gasteiger partial charge in [0, 0.05) is 18.7 Å². The van der Waals surface area contributed by atoms with Crippen LogP contribution in [0.5, 0.6) is 0 Å². The van der Waals surface area contributed by atoms with Gasteiger partial charge in [-0.15, -0.1) is 0 Å². The topological polar surface area (TPSA) is 142 Å². The first kappa shape index (κ1) is 23.7. The van der Waals surface area contributed by atoms with Gasteiger partial charge in [-0.3, -0.25) is 14.4 Å². The number of likely N-dealkylation sites (tertiary alicyclic amines) is 1. The Morgan fingerprint density at radius 2 is 1.90 bits per heavy atom. The lowest BCUT2D eigenvalue weighted by atomic mass is 10.1. The molecule has 1 saturated heterocycles. The number of hydrogen-bond acceptors (Lipinski definition) is 6. The molecule has 1 aliphatic rings. The number of carboxylic acids is 1. The Balaban J connectivity index is 2.02. The summed E-state index contributed by atoms with van der Waals surface area (Å²) in [6, 6.07) is 5.39. The number of nitrogens with two attached hydrogens (primary N) is 1. The van der Waals surface area contributed by atoms with Crippen LogP contribution in [0.3, 0.4) is 0 Å². The number of benzene rings is 1. The van der Waals surface area contributed by atoms with E-state index in [1.807, 2.05) is 6.07 Å². The van der Waals surface area contributed by atoms with Crippen molar-refractivity contribution in [2.24, 2.45) is 5.73 Å². The molecule has 5 N–H and O–H groups in total. The molecule has 3 amide bonds. The summed E-state index contributed by atoms with van der Waals surface area (Å²) in [6.45, 7) is 1.88. The molecule has 2 rings (SSSR count). The molecule has 1 aromatic rings. The molecule has 0 radical (unpaired) electrons. The Morgan fingerprint density at radius 1 is 1.23 bits per heavy atom. The fourth-order valence-electron chi connectivity index (χ4n) is 3.33. The van der Waals surface area contributed by atoms with Crippen molar-refractivity contribution in [3.8, 4) is 0 Å². The number of carbonyl (C=O) groups is 4. The normalized spacial score (nSPS) is 18.9. The first-order valence-corrected chi connectivity index (χ1v) is 10.4. The molecule has 0 bridgehead atoms. The van der Waals surface area contributed by atoms with Crippen molar-refractivity contribution >= 4 is 36.3 Å². The summed E-state index contributed by atoms with van der Waals surface area (Å²) in [7, 11) is 0. The van der Waals surface area contributed by atoms with Gasteiger partial charge < -0.3 is 26.4 Å². The van der Waals surface area contributed by atoms with Gasteiger partial charge in [-0.05, 0) is 25.3 Å². The molecule has 10 heteroatoms. The van der Waals surface area contributed by atoms with Gasteiger partial charge >= 0.3 is 5.97 Å². The smallest absolute Gasteiger partial charge is 0.326 e. The van der Waals surface area contributed by atoms with Crippen molar-refractivity contribution in [2.45, 2.75) is 50.4 Å². The highest BCUT2D eigenvalue weighted by molar-refractivity contribution is 7.80. The largest absolute Gasteiger partial charge is 0.480 e. The van der Waals surface area contributed by atoms with Gasteiger partial charge in [0.1, 0.15) is 18.1 Å². The lowest BCUT2D eigenvalue weighted by molar-refractivity contribution is -0.144. The standard InChI is InChI=1S/C20H28N4O5S/c1-12(22-17(25)14(21)11-30)19(27)24-9-5-8-16(24)18(26)23-15(20(28)29)10-13-6-3-2-4-7-13/h2-4,6-7,12,14-16,30H,5,8-11,21H2,1H3,(H,22,25)(H,23,26)(H,28,29)/t12-,14+,15-,16+/m1/s1. The van der Waals surface area contributed by atoms with Gasteiger partial charge in [0.25, 0.3) is 0 Å². The fraction of sp³-hybridized carbons (Fsp3) is 0.500. The molecule has 1 fully saturated rings. The van der Waals surface area contributed by atoms with Crippen LogP contribution < -0.4 is 16.4 Å². The molecule has 9 nitrogen and oxygen atoms in total. The molecular weight excluding hydrogens is 408 g/mol. The van der Waals surface area contributed by atoms with Gasteiger partial charge in [0.2, 0.25) is 17.7 Å². The summed E-state index contributed by atoms with van der Waals surface area (Å²) in [5, 5.41) is 14.6. The molecular formula is C20H28N4O5S. The molecule has 0 unspecified atom stereocenters. The van der Waals surface area contributed by atoms with Crippen LogP contribution in [-0.4, -0.2) is 70.2 Å². The van der Waals surface area contributed by atoms with E-state index < -0.39 is 47.9 Å². The van der Waals surface area contributed by atoms with Crippen LogP contribution in [0.25, 0.3) is 0 Å². The second-order valence-corrected chi connectivity index (χ2v) is 7.66. The second kappa shape index (κ2) is 11.0. The number of nitrogens with one attached hydrogen (secondary N) is 2. The molecule has 4 atom stereocenters. The van der Waals surface area contributed by atoms with E-state index in [0.29, 0.717) is 19.4 Å². The minimum atomic E-state index is -1.15. The number of rotatable bonds is 9. The Kier molecular flexibility index (Phi) is 8.67. The third kappa shape index (κ3) is 6.20. The average molecular weight is 437 g/mol. The predicted octanol–water partition coefficient (Wildman–Crippen LogP) is -0.449. The van der Waals surface area contributed by atoms with Gasteiger partial charge in [-0.1, -0.05) is 30.3 Å². The maximum absolute atomic E-state index is 12.8. The predicted molar refractivity (Wildman–Crippen MR) is 114 cm³/mol. The van der Waals surface area contributed by atoms with Crippen molar-refractivity contribution in [3.63, 3.8) is 0 Å². The number of aliphatic carboxylic acids is 1. The van der Waals surface area contributed by atoms with E-state index >= 15 is 0 Å². The first-order valence-electron chi connectivity index (χ1n) is 9.79. The van der Waals surface area contributed by atoms with Crippen LogP contribution in [0.1, 0.15) is 25.3 Å². The number of carboxylic acid groups (broad SMARTS) is 1. The van der Waals surface area contributed by atoms with Crippen LogP contribution in [0.4, 0.5) is 0 Å². The maximum atomic E-state index is 12.8. The SMILES string of the molecule is C[C@@H](NC(=O)[C@@H](N)CS)C(=O)N1CCC[C@H]1C(=O)N[C@H](Cc1ccccc1)C(=O)O. The molecule has 0 aromatic heterocycles. The molecule has 164 valence electrons. The molecule has 0 saturated carbocycles. The molecule has 1 aromatic carbocycles. The molecule has 1 heterocycles. The lowest BCUT2D eigenvalue weighted by Gasteiger charge is -2.28. The van der Waals surface area contributed by atoms with Crippen LogP contribution in [0.2, 0.25) is 0 Å². The number of thiol groups is 1. The Morgan fingerprint density at radius 3 is 2.50 bits per heavy atom. The van der Waals surface area contributed by atoms with E-state index in [1.54, 1.807) is 24.3 Å². The van der Waals surface area contributed by atoms with E-state index in [1.165, 1.54) is 11.8 Å². The van der Waals surface area contributed by atoms with Crippen LogP contribution in [-0.2, 0) is 25.6 Å².